The summed E-state index contributed by atoms with van der Waals surface area (Å²) < 4.78 is 2.01. The number of hydrogen-bond donors (Lipinski definition) is 1. The SMILES string of the molecule is CN1CCC[C@@H](CCC(=O)NCCCn2ncc3ccccc32)C1. The summed E-state index contributed by atoms with van der Waals surface area (Å²) in [6.45, 7) is 3.89. The van der Waals surface area contributed by atoms with Gasteiger partial charge >= 0.3 is 0 Å². The van der Waals surface area contributed by atoms with Crippen molar-refractivity contribution in [2.24, 2.45) is 5.92 Å². The van der Waals surface area contributed by atoms with Crippen LogP contribution in [0.5, 0.6) is 0 Å². The van der Waals surface area contributed by atoms with Crippen molar-refractivity contribution in [1.29, 1.82) is 0 Å². The summed E-state index contributed by atoms with van der Waals surface area (Å²) in [5, 5.41) is 8.63. The first-order chi connectivity index (χ1) is 11.7. The van der Waals surface area contributed by atoms with Crippen molar-refractivity contribution >= 4 is 16.8 Å². The van der Waals surface area contributed by atoms with Gasteiger partial charge in [0.2, 0.25) is 5.91 Å². The lowest BCUT2D eigenvalue weighted by molar-refractivity contribution is -0.121. The maximum absolute atomic E-state index is 12.0. The molecule has 1 atom stereocenters. The van der Waals surface area contributed by atoms with E-state index < -0.39 is 0 Å². The Morgan fingerprint density at radius 3 is 3.12 bits per heavy atom. The van der Waals surface area contributed by atoms with Gasteiger partial charge in [-0.2, -0.15) is 5.10 Å². The Labute approximate surface area is 144 Å². The van der Waals surface area contributed by atoms with Crippen molar-refractivity contribution in [3.05, 3.63) is 30.5 Å². The van der Waals surface area contributed by atoms with Gasteiger partial charge in [0.15, 0.2) is 0 Å². The van der Waals surface area contributed by atoms with E-state index in [2.05, 4.69) is 34.5 Å². The molecule has 5 heteroatoms. The first kappa shape index (κ1) is 17.0. The summed E-state index contributed by atoms with van der Waals surface area (Å²) in [5.74, 6) is 0.874. The number of nitrogens with zero attached hydrogens (tertiary/aromatic N) is 3. The molecular formula is C19H28N4O. The van der Waals surface area contributed by atoms with Gasteiger partial charge in [0.25, 0.3) is 0 Å². The Bertz CT molecular complexity index is 666. The van der Waals surface area contributed by atoms with Gasteiger partial charge in [0.1, 0.15) is 0 Å². The van der Waals surface area contributed by atoms with E-state index in [9.17, 15) is 4.79 Å². The molecule has 5 nitrogen and oxygen atoms in total. The van der Waals surface area contributed by atoms with Crippen LogP contribution in [-0.4, -0.2) is 47.3 Å². The van der Waals surface area contributed by atoms with Gasteiger partial charge in [0, 0.05) is 31.4 Å². The summed E-state index contributed by atoms with van der Waals surface area (Å²) in [5.41, 5.74) is 1.16. The number of para-hydroxylation sites is 1. The first-order valence-electron chi connectivity index (χ1n) is 9.08. The highest BCUT2D eigenvalue weighted by molar-refractivity contribution is 5.78. The molecule has 0 spiro atoms. The van der Waals surface area contributed by atoms with Gasteiger partial charge in [-0.1, -0.05) is 18.2 Å². The van der Waals surface area contributed by atoms with Crippen LogP contribution in [0.3, 0.4) is 0 Å². The number of rotatable bonds is 7. The normalized spacial score (nSPS) is 18.8. The van der Waals surface area contributed by atoms with Crippen molar-refractivity contribution < 1.29 is 4.79 Å². The Hall–Kier alpha value is -1.88. The molecule has 0 aliphatic carbocycles. The lowest BCUT2D eigenvalue weighted by Crippen LogP contribution is -2.33. The highest BCUT2D eigenvalue weighted by atomic mass is 16.1. The summed E-state index contributed by atoms with van der Waals surface area (Å²) in [6.07, 6.45) is 7.01. The highest BCUT2D eigenvalue weighted by Crippen LogP contribution is 2.19. The fourth-order valence-corrected chi connectivity index (χ4v) is 3.59. The van der Waals surface area contributed by atoms with Crippen LogP contribution in [0.25, 0.3) is 10.9 Å². The van der Waals surface area contributed by atoms with Crippen LogP contribution in [0.4, 0.5) is 0 Å². The fraction of sp³-hybridized carbons (Fsp3) is 0.579. The second-order valence-electron chi connectivity index (χ2n) is 6.94. The molecule has 0 bridgehead atoms. The van der Waals surface area contributed by atoms with E-state index in [0.717, 1.165) is 38.0 Å². The minimum absolute atomic E-state index is 0.188. The standard InChI is InChI=1S/C19H28N4O/c1-22-12-4-6-16(15-22)9-10-19(24)20-11-5-13-23-18-8-3-2-7-17(18)14-21-23/h2-3,7-8,14,16H,4-6,9-13,15H2,1H3,(H,20,24)/t16-/m0/s1. The zero-order valence-corrected chi connectivity index (χ0v) is 14.6. The molecule has 2 heterocycles. The van der Waals surface area contributed by atoms with E-state index >= 15 is 0 Å². The van der Waals surface area contributed by atoms with Crippen molar-refractivity contribution in [2.75, 3.05) is 26.7 Å². The quantitative estimate of drug-likeness (QED) is 0.795. The molecule has 3 rings (SSSR count). The third-order valence-corrected chi connectivity index (χ3v) is 4.92. The number of aromatic nitrogens is 2. The molecule has 1 N–H and O–H groups in total. The van der Waals surface area contributed by atoms with E-state index in [4.69, 9.17) is 0 Å². The molecule has 1 saturated heterocycles. The molecule has 0 radical (unpaired) electrons. The number of hydrogen-bond acceptors (Lipinski definition) is 3. The zero-order valence-electron chi connectivity index (χ0n) is 14.6. The molecule has 1 aromatic heterocycles. The van der Waals surface area contributed by atoms with Crippen LogP contribution in [0.15, 0.2) is 30.5 Å². The summed E-state index contributed by atoms with van der Waals surface area (Å²) >= 11 is 0. The number of aryl methyl sites for hydroxylation is 1. The van der Waals surface area contributed by atoms with Crippen molar-refractivity contribution in [3.63, 3.8) is 0 Å². The van der Waals surface area contributed by atoms with E-state index in [1.165, 1.54) is 24.8 Å². The van der Waals surface area contributed by atoms with Crippen LogP contribution in [-0.2, 0) is 11.3 Å². The Balaban J connectivity index is 1.33. The highest BCUT2D eigenvalue weighted by Gasteiger charge is 2.17. The molecule has 0 unspecified atom stereocenters. The minimum atomic E-state index is 0.188. The molecule has 0 saturated carbocycles. The largest absolute Gasteiger partial charge is 0.356 e. The maximum Gasteiger partial charge on any atom is 0.220 e. The average Bonchev–Trinajstić information content (AvgIpc) is 3.00. The second kappa shape index (κ2) is 8.29. The van der Waals surface area contributed by atoms with Crippen molar-refractivity contribution in [2.45, 2.75) is 38.6 Å². The lowest BCUT2D eigenvalue weighted by Gasteiger charge is -2.29. The molecule has 24 heavy (non-hydrogen) atoms. The molecule has 1 aliphatic heterocycles. The number of piperidine rings is 1. The van der Waals surface area contributed by atoms with Gasteiger partial charge < -0.3 is 10.2 Å². The van der Waals surface area contributed by atoms with Crippen LogP contribution < -0.4 is 5.32 Å². The molecule has 1 amide bonds. The lowest BCUT2D eigenvalue weighted by atomic mass is 9.93. The average molecular weight is 328 g/mol. The number of amides is 1. The molecule has 1 aromatic carbocycles. The Morgan fingerprint density at radius 1 is 1.38 bits per heavy atom. The van der Waals surface area contributed by atoms with Gasteiger partial charge in [-0.25, -0.2) is 0 Å². The predicted molar refractivity (Wildman–Crippen MR) is 96.8 cm³/mol. The number of fused-ring (bicyclic) bond motifs is 1. The smallest absolute Gasteiger partial charge is 0.220 e. The van der Waals surface area contributed by atoms with Crippen molar-refractivity contribution in [3.8, 4) is 0 Å². The Morgan fingerprint density at radius 2 is 2.25 bits per heavy atom. The topological polar surface area (TPSA) is 50.2 Å². The number of carbonyl (C=O) groups is 1. The maximum atomic E-state index is 12.0. The van der Waals surface area contributed by atoms with E-state index in [-0.39, 0.29) is 5.91 Å². The van der Waals surface area contributed by atoms with E-state index in [1.54, 1.807) is 0 Å². The first-order valence-corrected chi connectivity index (χ1v) is 9.08. The fourth-order valence-electron chi connectivity index (χ4n) is 3.59. The van der Waals surface area contributed by atoms with Crippen LogP contribution in [0.1, 0.15) is 32.1 Å². The van der Waals surface area contributed by atoms with Crippen LogP contribution in [0.2, 0.25) is 0 Å². The molecular weight excluding hydrogens is 300 g/mol. The van der Waals surface area contributed by atoms with Gasteiger partial charge in [-0.15, -0.1) is 0 Å². The van der Waals surface area contributed by atoms with Gasteiger partial charge in [0.05, 0.1) is 11.7 Å². The van der Waals surface area contributed by atoms with E-state index in [1.807, 2.05) is 23.0 Å². The van der Waals surface area contributed by atoms with Gasteiger partial charge in [-0.3, -0.25) is 9.48 Å². The monoisotopic (exact) mass is 328 g/mol. The minimum Gasteiger partial charge on any atom is -0.356 e. The number of benzene rings is 1. The molecule has 1 fully saturated rings. The van der Waals surface area contributed by atoms with Crippen molar-refractivity contribution in [1.82, 2.24) is 20.0 Å². The third-order valence-electron chi connectivity index (χ3n) is 4.92. The zero-order chi connectivity index (χ0) is 16.8. The summed E-state index contributed by atoms with van der Waals surface area (Å²) in [6, 6.07) is 8.22. The number of nitrogens with one attached hydrogen (secondary N) is 1. The Kier molecular flexibility index (Phi) is 5.86. The third kappa shape index (κ3) is 4.57. The molecule has 1 aliphatic rings. The summed E-state index contributed by atoms with van der Waals surface area (Å²) in [4.78, 5) is 14.4. The second-order valence-corrected chi connectivity index (χ2v) is 6.94. The number of likely N-dealkylation sites (tertiary alicyclic amines) is 1. The van der Waals surface area contributed by atoms with Gasteiger partial charge in [-0.05, 0) is 51.3 Å². The van der Waals surface area contributed by atoms with Crippen LogP contribution >= 0.6 is 0 Å². The van der Waals surface area contributed by atoms with E-state index in [0.29, 0.717) is 12.3 Å². The molecule has 2 aromatic rings. The predicted octanol–water partition coefficient (Wildman–Crippen LogP) is 2.66. The summed E-state index contributed by atoms with van der Waals surface area (Å²) in [7, 11) is 2.17. The van der Waals surface area contributed by atoms with Crippen LogP contribution in [0, 0.1) is 5.92 Å². The molecule has 130 valence electrons. The number of carbonyl (C=O) groups excluding carboxylic acids is 1.